The number of aliphatic hydroxyl groups is 3. The van der Waals surface area contributed by atoms with E-state index in [0.717, 1.165) is 5.69 Å². The van der Waals surface area contributed by atoms with E-state index in [9.17, 15) is 34.8 Å². The van der Waals surface area contributed by atoms with Crippen molar-refractivity contribution >= 4 is 23.2 Å². The number of likely N-dealkylation sites (N-methyl/N-ethyl adjacent to an activating group) is 1. The molecule has 4 rings (SSSR count). The van der Waals surface area contributed by atoms with Crippen molar-refractivity contribution in [2.75, 3.05) is 39.6 Å². The second-order valence-corrected chi connectivity index (χ2v) is 12.5. The van der Waals surface area contributed by atoms with Gasteiger partial charge in [0.2, 0.25) is 5.91 Å². The lowest BCUT2D eigenvalue weighted by molar-refractivity contribution is -0.185. The predicted octanol–water partition coefficient (Wildman–Crippen LogP) is 0.631. The van der Waals surface area contributed by atoms with Crippen LogP contribution in [0.25, 0.3) is 0 Å². The molecule has 40 heavy (non-hydrogen) atoms. The zero-order valence-electron chi connectivity index (χ0n) is 24.1. The highest BCUT2D eigenvalue weighted by molar-refractivity contribution is 6.15. The number of primary amides is 1. The molecule has 5 atom stereocenters. The van der Waals surface area contributed by atoms with Crippen LogP contribution < -0.4 is 16.0 Å². The Morgan fingerprint density at radius 2 is 1.82 bits per heavy atom. The number of nitrogens with two attached hydrogens (primary N) is 1. The number of hydrogen-bond donors (Lipinski definition) is 6. The average molecular weight is 559 g/mol. The summed E-state index contributed by atoms with van der Waals surface area (Å²) in [7, 11) is 7.00. The number of aromatic hydroxyl groups is 1. The van der Waals surface area contributed by atoms with Crippen LogP contribution in [0, 0.1) is 17.8 Å². The number of nitrogens with zero attached hydrogens (tertiary/aromatic N) is 2. The summed E-state index contributed by atoms with van der Waals surface area (Å²) in [4.78, 5) is 42.8. The van der Waals surface area contributed by atoms with Crippen molar-refractivity contribution in [3.05, 3.63) is 34.1 Å². The van der Waals surface area contributed by atoms with Gasteiger partial charge < -0.3 is 41.3 Å². The standard InChI is InChI=1S/C29H42N4O7/c1-14(2)12-31-13-16-9-19(32(3)4)17-7-15-8-18-26(33(5)6)28(39,11-21(30)35)10-20(34)29(18,40)27(38)22(15)25(37)23(17)24(16)36/h9,14-15,18,26,31,36,38-40H,7-8,10-13H2,1-6H3,(H2,30,35)/t15-,18-,26?,28?,29+/m0/s1. The third-order valence-corrected chi connectivity index (χ3v) is 8.69. The van der Waals surface area contributed by atoms with E-state index in [-0.39, 0.29) is 29.7 Å². The Kier molecular flexibility index (Phi) is 7.83. The second-order valence-electron chi connectivity index (χ2n) is 12.5. The van der Waals surface area contributed by atoms with Gasteiger partial charge in [0, 0.05) is 55.8 Å². The summed E-state index contributed by atoms with van der Waals surface area (Å²) in [6.45, 7) is 5.16. The molecular weight excluding hydrogens is 516 g/mol. The van der Waals surface area contributed by atoms with Gasteiger partial charge in [0.25, 0.3) is 0 Å². The molecule has 0 saturated heterocycles. The molecule has 7 N–H and O–H groups in total. The van der Waals surface area contributed by atoms with Gasteiger partial charge >= 0.3 is 0 Å². The number of phenols is 1. The second kappa shape index (κ2) is 10.4. The van der Waals surface area contributed by atoms with Crippen LogP contribution >= 0.6 is 0 Å². The Morgan fingerprint density at radius 1 is 1.18 bits per heavy atom. The molecule has 0 aromatic heterocycles. The number of fused-ring (bicyclic) bond motifs is 3. The normalized spacial score (nSPS) is 29.9. The van der Waals surface area contributed by atoms with Gasteiger partial charge in [-0.1, -0.05) is 13.8 Å². The van der Waals surface area contributed by atoms with Crippen LogP contribution in [-0.2, 0) is 22.6 Å². The van der Waals surface area contributed by atoms with Gasteiger partial charge in [0.15, 0.2) is 17.2 Å². The van der Waals surface area contributed by atoms with Crippen molar-refractivity contribution in [1.82, 2.24) is 10.2 Å². The molecule has 1 aromatic carbocycles. The minimum Gasteiger partial charge on any atom is -0.508 e. The lowest BCUT2D eigenvalue weighted by Gasteiger charge is -2.56. The van der Waals surface area contributed by atoms with Crippen molar-refractivity contribution in [3.63, 3.8) is 0 Å². The van der Waals surface area contributed by atoms with Crippen LogP contribution in [0.2, 0.25) is 0 Å². The minimum absolute atomic E-state index is 0.0602. The van der Waals surface area contributed by atoms with E-state index in [0.29, 0.717) is 30.1 Å². The van der Waals surface area contributed by atoms with Gasteiger partial charge in [-0.15, -0.1) is 0 Å². The van der Waals surface area contributed by atoms with Crippen LogP contribution in [0.1, 0.15) is 54.6 Å². The highest BCUT2D eigenvalue weighted by Crippen LogP contribution is 2.54. The number of ketones is 2. The van der Waals surface area contributed by atoms with Crippen molar-refractivity contribution < 1.29 is 34.8 Å². The summed E-state index contributed by atoms with van der Waals surface area (Å²) in [6.07, 6.45) is -0.775. The first-order chi connectivity index (χ1) is 18.5. The fourth-order valence-corrected chi connectivity index (χ4v) is 7.16. The largest absolute Gasteiger partial charge is 0.508 e. The van der Waals surface area contributed by atoms with Gasteiger partial charge in [-0.3, -0.25) is 14.4 Å². The summed E-state index contributed by atoms with van der Waals surface area (Å²) >= 11 is 0. The number of carbonyl (C=O) groups is 3. The summed E-state index contributed by atoms with van der Waals surface area (Å²) in [5, 5.41) is 49.4. The summed E-state index contributed by atoms with van der Waals surface area (Å²) in [6, 6.07) is 0.931. The number of benzene rings is 1. The summed E-state index contributed by atoms with van der Waals surface area (Å²) in [5.74, 6) is -4.47. The molecule has 3 aliphatic carbocycles. The van der Waals surface area contributed by atoms with Crippen LogP contribution in [0.4, 0.5) is 5.69 Å². The molecule has 0 heterocycles. The van der Waals surface area contributed by atoms with E-state index in [1.165, 1.54) is 0 Å². The first-order valence-electron chi connectivity index (χ1n) is 13.7. The maximum absolute atomic E-state index is 14.0. The van der Waals surface area contributed by atoms with Gasteiger partial charge in [-0.05, 0) is 56.9 Å². The topological polar surface area (TPSA) is 177 Å². The molecule has 0 radical (unpaired) electrons. The SMILES string of the molecule is CC(C)CNCc1cc(N(C)C)c2c(c1O)C(=O)C1=C(O)[C@]3(O)C(=O)CC(O)(CC(N)=O)C(N(C)C)[C@@H]3C[C@@H]1C2. The van der Waals surface area contributed by atoms with Gasteiger partial charge in [-0.25, -0.2) is 0 Å². The number of aliphatic hydroxyl groups excluding tert-OH is 1. The summed E-state index contributed by atoms with van der Waals surface area (Å²) in [5.41, 5.74) is 2.97. The molecule has 1 amide bonds. The highest BCUT2D eigenvalue weighted by Gasteiger charge is 2.66. The molecule has 0 bridgehead atoms. The van der Waals surface area contributed by atoms with Crippen molar-refractivity contribution in [2.24, 2.45) is 23.5 Å². The molecule has 3 aliphatic rings. The molecule has 11 heteroatoms. The number of Topliss-reactive ketones (excluding diaryl/α,β-unsaturated/α-hetero) is 2. The Hall–Kier alpha value is -2.99. The predicted molar refractivity (Wildman–Crippen MR) is 149 cm³/mol. The Bertz CT molecular complexity index is 1270. The third-order valence-electron chi connectivity index (χ3n) is 8.69. The van der Waals surface area contributed by atoms with Crippen molar-refractivity contribution in [1.29, 1.82) is 0 Å². The molecule has 220 valence electrons. The average Bonchev–Trinajstić information content (AvgIpc) is 2.81. The number of hydrogen-bond acceptors (Lipinski definition) is 10. The molecule has 2 unspecified atom stereocenters. The molecule has 0 aliphatic heterocycles. The van der Waals surface area contributed by atoms with Crippen LogP contribution in [0.3, 0.4) is 0 Å². The fraction of sp³-hybridized carbons (Fsp3) is 0.621. The smallest absolute Gasteiger partial charge is 0.220 e. The monoisotopic (exact) mass is 558 g/mol. The number of phenolic OH excluding ortho intramolecular Hbond substituents is 1. The van der Waals surface area contributed by atoms with Crippen LogP contribution in [-0.4, -0.2) is 94.8 Å². The Balaban J connectivity index is 1.86. The maximum Gasteiger partial charge on any atom is 0.220 e. The van der Waals surface area contributed by atoms with Crippen LogP contribution in [0.15, 0.2) is 17.4 Å². The lowest BCUT2D eigenvalue weighted by Crippen LogP contribution is -2.71. The van der Waals surface area contributed by atoms with E-state index >= 15 is 0 Å². The number of amides is 1. The number of allylic oxidation sites excluding steroid dienone is 1. The van der Waals surface area contributed by atoms with Gasteiger partial charge in [0.1, 0.15) is 11.5 Å². The molecule has 0 spiro atoms. The number of anilines is 1. The number of rotatable bonds is 8. The zero-order valence-corrected chi connectivity index (χ0v) is 24.1. The molecule has 1 fully saturated rings. The molecule has 1 aromatic rings. The number of carbonyl (C=O) groups excluding carboxylic acids is 3. The molecule has 1 saturated carbocycles. The van der Waals surface area contributed by atoms with E-state index in [4.69, 9.17) is 5.73 Å². The van der Waals surface area contributed by atoms with Crippen LogP contribution in [0.5, 0.6) is 5.75 Å². The van der Waals surface area contributed by atoms with Gasteiger partial charge in [-0.2, -0.15) is 0 Å². The van der Waals surface area contributed by atoms with E-state index in [1.807, 2.05) is 25.1 Å². The minimum atomic E-state index is -2.44. The van der Waals surface area contributed by atoms with Crippen molar-refractivity contribution in [2.45, 2.75) is 63.3 Å². The molecular formula is C29H42N4O7. The third kappa shape index (κ3) is 4.68. The first kappa shape index (κ1) is 30.0. The Morgan fingerprint density at radius 3 is 2.38 bits per heavy atom. The zero-order chi connectivity index (χ0) is 29.9. The van der Waals surface area contributed by atoms with E-state index in [1.54, 1.807) is 19.0 Å². The van der Waals surface area contributed by atoms with E-state index < -0.39 is 65.2 Å². The maximum atomic E-state index is 14.0. The summed E-state index contributed by atoms with van der Waals surface area (Å²) < 4.78 is 0. The first-order valence-corrected chi connectivity index (χ1v) is 13.7. The molecule has 11 nitrogen and oxygen atoms in total. The van der Waals surface area contributed by atoms with E-state index in [2.05, 4.69) is 19.2 Å². The Labute approximate surface area is 234 Å². The quantitative estimate of drug-likeness (QED) is 0.265. The fourth-order valence-electron chi connectivity index (χ4n) is 7.16. The lowest BCUT2D eigenvalue weighted by atomic mass is 9.55. The highest BCUT2D eigenvalue weighted by atomic mass is 16.4. The van der Waals surface area contributed by atoms with Crippen molar-refractivity contribution in [3.8, 4) is 5.75 Å². The van der Waals surface area contributed by atoms with Gasteiger partial charge in [0.05, 0.1) is 17.6 Å². The number of nitrogens with one attached hydrogen (secondary N) is 1.